The number of halogens is 7. The van der Waals surface area contributed by atoms with Gasteiger partial charge in [0.25, 0.3) is 0 Å². The van der Waals surface area contributed by atoms with E-state index in [1.807, 2.05) is 0 Å². The largest absolute Gasteiger partial charge is 0.493 e. The maximum Gasteiger partial charge on any atom is 0.416 e. The molecule has 2 aliphatic heterocycles. The summed E-state index contributed by atoms with van der Waals surface area (Å²) in [5.74, 6) is -0.629. The van der Waals surface area contributed by atoms with Crippen LogP contribution in [0, 0.1) is 0 Å². The second-order valence-electron chi connectivity index (χ2n) is 9.11. The van der Waals surface area contributed by atoms with Crippen molar-refractivity contribution in [2.45, 2.75) is 37.4 Å². The standard InChI is InChI=1S/C25H19F7N4O2S/c26-18-5-6-33-11-20(18)36-22(37)21(39-23(36)38)16(12-2-4-19-14(7-12)10-34-35-19)8-13-1-3-15(24(27,28)29)9-17(13)25(30,31)32/h1-4,7,9-10,18,20,33,37H,5-6,8,11H2/t18-,20+/m1/s1. The van der Waals surface area contributed by atoms with E-state index in [0.717, 1.165) is 10.6 Å². The van der Waals surface area contributed by atoms with E-state index in [0.29, 0.717) is 34.9 Å². The number of rotatable bonds is 4. The highest BCUT2D eigenvalue weighted by molar-refractivity contribution is 7.10. The highest BCUT2D eigenvalue weighted by Crippen LogP contribution is 2.40. The van der Waals surface area contributed by atoms with Crippen LogP contribution in [0.5, 0.6) is 5.88 Å². The number of nitrogens with zero attached hydrogens (tertiary/aromatic N) is 3. The highest BCUT2D eigenvalue weighted by Gasteiger charge is 2.39. The van der Waals surface area contributed by atoms with Crippen LogP contribution in [0.15, 0.2) is 51.4 Å². The highest BCUT2D eigenvalue weighted by atomic mass is 32.1. The minimum absolute atomic E-state index is 0.0378. The van der Waals surface area contributed by atoms with Crippen molar-refractivity contribution >= 4 is 23.1 Å². The minimum atomic E-state index is -5.12. The molecule has 0 aliphatic carbocycles. The van der Waals surface area contributed by atoms with Crippen LogP contribution < -0.4 is 20.8 Å². The Kier molecular flexibility index (Phi) is 6.87. The molecule has 0 bridgehead atoms. The topological polar surface area (TPSA) is 79.0 Å². The number of hydrogen-bond acceptors (Lipinski definition) is 6. The predicted molar refractivity (Wildman–Crippen MR) is 129 cm³/mol. The van der Waals surface area contributed by atoms with E-state index >= 15 is 0 Å². The number of alkyl halides is 7. The Balaban J connectivity index is 1.72. The number of benzene rings is 2. The van der Waals surface area contributed by atoms with Gasteiger partial charge < -0.3 is 10.4 Å². The molecule has 1 saturated heterocycles. The molecule has 1 aromatic heterocycles. The third kappa shape index (κ3) is 5.22. The van der Waals surface area contributed by atoms with E-state index in [1.54, 1.807) is 0 Å². The van der Waals surface area contributed by atoms with Crippen molar-refractivity contribution in [3.8, 4) is 5.88 Å². The quantitative estimate of drug-likeness (QED) is 0.466. The number of piperidine rings is 1. The van der Waals surface area contributed by atoms with Crippen molar-refractivity contribution in [2.75, 3.05) is 13.1 Å². The lowest BCUT2D eigenvalue weighted by Crippen LogP contribution is -2.41. The summed E-state index contributed by atoms with van der Waals surface area (Å²) < 4.78 is 97.0. The van der Waals surface area contributed by atoms with Gasteiger partial charge in [-0.1, -0.05) is 23.5 Å². The zero-order valence-electron chi connectivity index (χ0n) is 19.8. The van der Waals surface area contributed by atoms with E-state index in [-0.39, 0.29) is 34.7 Å². The molecule has 3 heterocycles. The van der Waals surface area contributed by atoms with Crippen LogP contribution in [0.1, 0.15) is 39.6 Å². The molecule has 2 aliphatic rings. The van der Waals surface area contributed by atoms with Gasteiger partial charge in [-0.3, -0.25) is 9.36 Å². The first kappa shape index (κ1) is 27.1. The van der Waals surface area contributed by atoms with Gasteiger partial charge in [-0.25, -0.2) is 4.39 Å². The Labute approximate surface area is 219 Å². The van der Waals surface area contributed by atoms with Gasteiger partial charge in [0.05, 0.1) is 33.6 Å². The van der Waals surface area contributed by atoms with Gasteiger partial charge in [-0.05, 0) is 53.6 Å². The molecule has 14 heteroatoms. The number of hydrogen-bond donors (Lipinski definition) is 2. The van der Waals surface area contributed by atoms with Crippen molar-refractivity contribution in [1.29, 1.82) is 0 Å². The summed E-state index contributed by atoms with van der Waals surface area (Å²) in [4.78, 5) is 12.1. The molecule has 6 nitrogen and oxygen atoms in total. The van der Waals surface area contributed by atoms with E-state index in [9.17, 15) is 40.6 Å². The molecule has 206 valence electrons. The molecule has 0 spiro atoms. The van der Waals surface area contributed by atoms with Gasteiger partial charge in [0.1, 0.15) is 6.17 Å². The third-order valence-corrected chi connectivity index (χ3v) is 7.64. The number of aromatic hydroxyl groups is 1. The van der Waals surface area contributed by atoms with Crippen LogP contribution in [-0.4, -0.2) is 35.1 Å². The lowest BCUT2D eigenvalue weighted by Gasteiger charge is -2.27. The number of aromatic nitrogens is 1. The number of nitrogens with one attached hydrogen (secondary N) is 1. The second kappa shape index (κ2) is 9.90. The molecule has 0 saturated carbocycles. The number of fused-ring (bicyclic) bond motifs is 1. The first-order valence-corrected chi connectivity index (χ1v) is 12.5. The van der Waals surface area contributed by atoms with Gasteiger partial charge in [-0.2, -0.15) is 36.5 Å². The fourth-order valence-corrected chi connectivity index (χ4v) is 5.69. The predicted octanol–water partition coefficient (Wildman–Crippen LogP) is 3.93. The van der Waals surface area contributed by atoms with E-state index in [2.05, 4.69) is 15.5 Å². The smallest absolute Gasteiger partial charge is 0.416 e. The minimum Gasteiger partial charge on any atom is -0.493 e. The molecule has 0 amide bonds. The van der Waals surface area contributed by atoms with Crippen LogP contribution in [0.25, 0.3) is 5.57 Å². The van der Waals surface area contributed by atoms with Crippen molar-refractivity contribution in [1.82, 2.24) is 9.88 Å². The Morgan fingerprint density at radius 2 is 1.87 bits per heavy atom. The normalized spacial score (nSPS) is 20.1. The van der Waals surface area contributed by atoms with Crippen molar-refractivity contribution < 1.29 is 35.8 Å². The maximum atomic E-state index is 14.7. The van der Waals surface area contributed by atoms with Gasteiger partial charge in [0, 0.05) is 18.5 Å². The number of thiazole rings is 1. The lowest BCUT2D eigenvalue weighted by atomic mass is 9.94. The summed E-state index contributed by atoms with van der Waals surface area (Å²) in [7, 11) is 0. The van der Waals surface area contributed by atoms with Crippen molar-refractivity contribution in [3.63, 3.8) is 0 Å². The van der Waals surface area contributed by atoms with Gasteiger partial charge in [0.15, 0.2) is 0 Å². The first-order chi connectivity index (χ1) is 18.3. The molecule has 2 atom stereocenters. The van der Waals surface area contributed by atoms with Crippen LogP contribution in [0.4, 0.5) is 30.7 Å². The molecule has 1 fully saturated rings. The average Bonchev–Trinajstić information content (AvgIpc) is 3.45. The molecular formula is C25H19F7N4O2S. The van der Waals surface area contributed by atoms with Crippen LogP contribution in [-0.2, 0) is 18.8 Å². The summed E-state index contributed by atoms with van der Waals surface area (Å²) >= 11 is 0.520. The summed E-state index contributed by atoms with van der Waals surface area (Å²) in [6, 6.07) is 4.85. The lowest BCUT2D eigenvalue weighted by molar-refractivity contribution is -0.143. The fraction of sp³-hybridized carbons (Fsp3) is 0.320. The zero-order chi connectivity index (χ0) is 28.1. The Morgan fingerprint density at radius 3 is 2.56 bits per heavy atom. The zero-order valence-corrected chi connectivity index (χ0v) is 20.6. The van der Waals surface area contributed by atoms with E-state index < -0.39 is 58.4 Å². The van der Waals surface area contributed by atoms with Crippen molar-refractivity contribution in [2.24, 2.45) is 10.2 Å². The van der Waals surface area contributed by atoms with Gasteiger partial charge in [0.2, 0.25) is 5.88 Å². The molecule has 0 radical (unpaired) electrons. The summed E-state index contributed by atoms with van der Waals surface area (Å²) in [5, 5.41) is 22.5. The third-order valence-electron chi connectivity index (χ3n) is 6.64. The van der Waals surface area contributed by atoms with Gasteiger partial charge >= 0.3 is 17.2 Å². The first-order valence-electron chi connectivity index (χ1n) is 11.7. The fourth-order valence-electron chi connectivity index (χ4n) is 4.69. The van der Waals surface area contributed by atoms with E-state index in [4.69, 9.17) is 0 Å². The van der Waals surface area contributed by atoms with Crippen LogP contribution in [0.3, 0.4) is 0 Å². The molecule has 2 aromatic carbocycles. The summed E-state index contributed by atoms with van der Waals surface area (Å²) in [6.07, 6.45) is -10.7. The maximum absolute atomic E-state index is 14.7. The molecular weight excluding hydrogens is 553 g/mol. The van der Waals surface area contributed by atoms with Gasteiger partial charge in [-0.15, -0.1) is 0 Å². The molecule has 2 N–H and O–H groups in total. The van der Waals surface area contributed by atoms with Crippen LogP contribution in [0.2, 0.25) is 0 Å². The average molecular weight is 573 g/mol. The molecule has 5 rings (SSSR count). The molecule has 3 aromatic rings. The molecule has 39 heavy (non-hydrogen) atoms. The SMILES string of the molecule is O=c1sc(C(Cc2ccc(C(F)(F)F)cc2C(F)(F)F)=c2ccc3c(c2)C=NN=3)c(O)n1[C@H]1CNCC[C@H]1F. The second-order valence-corrected chi connectivity index (χ2v) is 10.1. The summed E-state index contributed by atoms with van der Waals surface area (Å²) in [5.41, 5.74) is -2.91. The Morgan fingerprint density at radius 1 is 1.10 bits per heavy atom. The summed E-state index contributed by atoms with van der Waals surface area (Å²) in [6.45, 7) is 0.422. The Bertz CT molecular complexity index is 1640. The van der Waals surface area contributed by atoms with E-state index in [1.165, 1.54) is 24.4 Å². The monoisotopic (exact) mass is 572 g/mol. The molecule has 0 unspecified atom stereocenters. The van der Waals surface area contributed by atoms with Crippen LogP contribution >= 0.6 is 11.3 Å². The Hall–Kier alpha value is -3.52. The van der Waals surface area contributed by atoms with Crippen molar-refractivity contribution in [3.05, 3.63) is 83.8 Å².